The summed E-state index contributed by atoms with van der Waals surface area (Å²) in [7, 11) is 1.93. The first kappa shape index (κ1) is 12.9. The van der Waals surface area contributed by atoms with Gasteiger partial charge in [-0.2, -0.15) is 5.26 Å². The highest BCUT2D eigenvalue weighted by Gasteiger charge is 2.40. The first-order chi connectivity index (χ1) is 8.10. The molecule has 1 N–H and O–H groups in total. The summed E-state index contributed by atoms with van der Waals surface area (Å²) >= 11 is 0. The van der Waals surface area contributed by atoms with E-state index in [9.17, 15) is 5.26 Å². The molecule has 1 saturated heterocycles. The van der Waals surface area contributed by atoms with Crippen LogP contribution in [0.1, 0.15) is 39.5 Å². The molecule has 3 nitrogen and oxygen atoms in total. The maximum atomic E-state index is 9.38. The highest BCUT2D eigenvalue weighted by molar-refractivity contribution is 5.11. The third kappa shape index (κ3) is 2.48. The number of rotatable bonds is 2. The molecule has 4 unspecified atom stereocenters. The van der Waals surface area contributed by atoms with E-state index >= 15 is 0 Å². The fourth-order valence-corrected chi connectivity index (χ4v) is 3.41. The zero-order valence-electron chi connectivity index (χ0n) is 11.4. The van der Waals surface area contributed by atoms with Gasteiger partial charge in [-0.15, -0.1) is 0 Å². The van der Waals surface area contributed by atoms with Crippen molar-refractivity contribution in [2.75, 3.05) is 20.1 Å². The summed E-state index contributed by atoms with van der Waals surface area (Å²) in [5.41, 5.74) is -0.266. The Morgan fingerprint density at radius 3 is 2.47 bits per heavy atom. The average molecular weight is 235 g/mol. The fourth-order valence-electron chi connectivity index (χ4n) is 3.41. The van der Waals surface area contributed by atoms with Crippen molar-refractivity contribution in [2.45, 2.75) is 51.1 Å². The van der Waals surface area contributed by atoms with Crippen molar-refractivity contribution in [1.82, 2.24) is 10.2 Å². The van der Waals surface area contributed by atoms with E-state index in [1.54, 1.807) is 0 Å². The highest BCUT2D eigenvalue weighted by Crippen LogP contribution is 2.34. The van der Waals surface area contributed by atoms with Crippen LogP contribution in [-0.2, 0) is 0 Å². The molecule has 0 bridgehead atoms. The van der Waals surface area contributed by atoms with Gasteiger partial charge in [-0.3, -0.25) is 4.90 Å². The lowest BCUT2D eigenvalue weighted by molar-refractivity contribution is 0.142. The van der Waals surface area contributed by atoms with Crippen molar-refractivity contribution in [3.8, 4) is 6.07 Å². The molecule has 0 aromatic carbocycles. The molecule has 4 atom stereocenters. The highest BCUT2D eigenvalue weighted by atomic mass is 15.2. The van der Waals surface area contributed by atoms with E-state index in [1.165, 1.54) is 25.9 Å². The monoisotopic (exact) mass is 235 g/mol. The molecule has 0 aromatic rings. The molecule has 0 radical (unpaired) electrons. The predicted molar refractivity (Wildman–Crippen MR) is 69.6 cm³/mol. The van der Waals surface area contributed by atoms with Crippen LogP contribution in [0.2, 0.25) is 0 Å². The molecule has 0 aromatic heterocycles. The summed E-state index contributed by atoms with van der Waals surface area (Å²) in [6.07, 6.45) is 4.46. The molecule has 1 heterocycles. The number of hydrogen-bond acceptors (Lipinski definition) is 3. The van der Waals surface area contributed by atoms with E-state index < -0.39 is 0 Å². The topological polar surface area (TPSA) is 39.1 Å². The normalized spacial score (nSPS) is 43.5. The average Bonchev–Trinajstić information content (AvgIpc) is 2.70. The van der Waals surface area contributed by atoms with Crippen LogP contribution < -0.4 is 5.32 Å². The maximum Gasteiger partial charge on any atom is 0.108 e. The Morgan fingerprint density at radius 2 is 1.94 bits per heavy atom. The molecule has 96 valence electrons. The zero-order valence-corrected chi connectivity index (χ0v) is 11.4. The second kappa shape index (κ2) is 4.96. The molecule has 2 fully saturated rings. The summed E-state index contributed by atoms with van der Waals surface area (Å²) in [4.78, 5) is 2.62. The van der Waals surface area contributed by atoms with Crippen molar-refractivity contribution in [2.24, 2.45) is 11.8 Å². The first-order valence-electron chi connectivity index (χ1n) is 6.94. The lowest BCUT2D eigenvalue weighted by Crippen LogP contribution is -2.51. The third-order valence-electron chi connectivity index (χ3n) is 4.95. The second-order valence-corrected chi connectivity index (χ2v) is 6.10. The number of likely N-dealkylation sites (tertiary alicyclic amines) is 1. The number of nitriles is 1. The second-order valence-electron chi connectivity index (χ2n) is 6.10. The predicted octanol–water partition coefficient (Wildman–Crippen LogP) is 2.00. The molecular weight excluding hydrogens is 210 g/mol. The van der Waals surface area contributed by atoms with Gasteiger partial charge in [0.05, 0.1) is 6.07 Å². The molecule has 1 saturated carbocycles. The van der Waals surface area contributed by atoms with Crippen molar-refractivity contribution < 1.29 is 0 Å². The molecule has 1 aliphatic heterocycles. The van der Waals surface area contributed by atoms with Crippen LogP contribution in [0.3, 0.4) is 0 Å². The van der Waals surface area contributed by atoms with Crippen LogP contribution in [0.5, 0.6) is 0 Å². The molecular formula is C14H25N3. The van der Waals surface area contributed by atoms with E-state index in [4.69, 9.17) is 0 Å². The van der Waals surface area contributed by atoms with Crippen molar-refractivity contribution in [1.29, 1.82) is 5.26 Å². The van der Waals surface area contributed by atoms with Crippen LogP contribution in [0.15, 0.2) is 0 Å². The summed E-state index contributed by atoms with van der Waals surface area (Å²) in [5, 5.41) is 12.6. The lowest BCUT2D eigenvalue weighted by atomic mass is 9.79. The zero-order chi connectivity index (χ0) is 12.5. The quantitative estimate of drug-likeness (QED) is 0.795. The Labute approximate surface area is 105 Å². The minimum Gasteiger partial charge on any atom is -0.302 e. The summed E-state index contributed by atoms with van der Waals surface area (Å²) in [6.45, 7) is 7.14. The summed E-state index contributed by atoms with van der Waals surface area (Å²) in [6, 6.07) is 3.12. The minimum atomic E-state index is -0.266. The Bertz CT molecular complexity index is 299. The van der Waals surface area contributed by atoms with Gasteiger partial charge in [-0.05, 0) is 44.6 Å². The van der Waals surface area contributed by atoms with Gasteiger partial charge in [0, 0.05) is 19.1 Å². The standard InChI is InChI=1S/C14H25N3/c1-11-8-17(9-12(11)2)13-5-4-6-14(7-13,10-15)16-3/h11-13,16H,4-9H2,1-3H3. The molecule has 0 amide bonds. The Morgan fingerprint density at radius 1 is 1.29 bits per heavy atom. The molecule has 0 spiro atoms. The van der Waals surface area contributed by atoms with Gasteiger partial charge in [0.2, 0.25) is 0 Å². The van der Waals surface area contributed by atoms with Gasteiger partial charge >= 0.3 is 0 Å². The van der Waals surface area contributed by atoms with E-state index in [0.29, 0.717) is 6.04 Å². The Balaban J connectivity index is 2.01. The van der Waals surface area contributed by atoms with Crippen LogP contribution in [-0.4, -0.2) is 36.6 Å². The molecule has 3 heteroatoms. The molecule has 17 heavy (non-hydrogen) atoms. The van der Waals surface area contributed by atoms with E-state index in [0.717, 1.165) is 24.7 Å². The lowest BCUT2D eigenvalue weighted by Gasteiger charge is -2.39. The fraction of sp³-hybridized carbons (Fsp3) is 0.929. The molecule has 2 rings (SSSR count). The van der Waals surface area contributed by atoms with Gasteiger partial charge in [-0.1, -0.05) is 13.8 Å². The van der Waals surface area contributed by atoms with Gasteiger partial charge in [-0.25, -0.2) is 0 Å². The number of hydrogen-bond donors (Lipinski definition) is 1. The van der Waals surface area contributed by atoms with E-state index in [-0.39, 0.29) is 5.54 Å². The Hall–Kier alpha value is -0.590. The molecule has 1 aliphatic carbocycles. The van der Waals surface area contributed by atoms with Gasteiger partial charge in [0.1, 0.15) is 5.54 Å². The van der Waals surface area contributed by atoms with Gasteiger partial charge in [0.15, 0.2) is 0 Å². The summed E-state index contributed by atoms with van der Waals surface area (Å²) in [5.74, 6) is 1.62. The number of nitrogens with zero attached hydrogens (tertiary/aromatic N) is 2. The van der Waals surface area contributed by atoms with Gasteiger partial charge in [0.25, 0.3) is 0 Å². The van der Waals surface area contributed by atoms with Crippen molar-refractivity contribution in [3.63, 3.8) is 0 Å². The first-order valence-corrected chi connectivity index (χ1v) is 6.94. The van der Waals surface area contributed by atoms with Crippen LogP contribution in [0.25, 0.3) is 0 Å². The smallest absolute Gasteiger partial charge is 0.108 e. The van der Waals surface area contributed by atoms with E-state index in [2.05, 4.69) is 30.1 Å². The van der Waals surface area contributed by atoms with Crippen molar-refractivity contribution >= 4 is 0 Å². The van der Waals surface area contributed by atoms with Crippen LogP contribution >= 0.6 is 0 Å². The Kier molecular flexibility index (Phi) is 3.75. The van der Waals surface area contributed by atoms with E-state index in [1.807, 2.05) is 7.05 Å². The SMILES string of the molecule is CNC1(C#N)CCCC(N2CC(C)C(C)C2)C1. The third-order valence-corrected chi connectivity index (χ3v) is 4.95. The van der Waals surface area contributed by atoms with Crippen LogP contribution in [0, 0.1) is 23.2 Å². The van der Waals surface area contributed by atoms with Crippen molar-refractivity contribution in [3.05, 3.63) is 0 Å². The largest absolute Gasteiger partial charge is 0.302 e. The van der Waals surface area contributed by atoms with Gasteiger partial charge < -0.3 is 5.32 Å². The van der Waals surface area contributed by atoms with Crippen LogP contribution in [0.4, 0.5) is 0 Å². The molecule has 2 aliphatic rings. The summed E-state index contributed by atoms with van der Waals surface area (Å²) < 4.78 is 0. The minimum absolute atomic E-state index is 0.266. The maximum absolute atomic E-state index is 9.38. The number of nitrogens with one attached hydrogen (secondary N) is 1.